The van der Waals surface area contributed by atoms with E-state index in [4.69, 9.17) is 0 Å². The van der Waals surface area contributed by atoms with Crippen molar-refractivity contribution >= 4 is 33.4 Å². The molecule has 2 aromatic carbocycles. The van der Waals surface area contributed by atoms with E-state index >= 15 is 0 Å². The molecule has 0 atom stereocenters. The molecule has 1 saturated heterocycles. The molecule has 2 amide bonds. The maximum absolute atomic E-state index is 11.9. The van der Waals surface area contributed by atoms with Gasteiger partial charge in [-0.3, -0.25) is 9.59 Å². The Morgan fingerprint density at radius 3 is 2.62 bits per heavy atom. The standard InChI is InChI=1S/C17H17N3O5S/c1-11(21)18-14-5-3-2-4-13(14)8-12-6-7-15(16(22)9-12)20-10-17(23)19-26(20,24)25/h2-7,9,22H,8,10H2,1H3,(H,18,21)(H,19,23). The first-order valence-corrected chi connectivity index (χ1v) is 9.21. The van der Waals surface area contributed by atoms with E-state index < -0.39 is 16.1 Å². The van der Waals surface area contributed by atoms with Crippen LogP contribution in [-0.4, -0.2) is 31.9 Å². The molecule has 0 radical (unpaired) electrons. The number of nitrogens with one attached hydrogen (secondary N) is 2. The van der Waals surface area contributed by atoms with Gasteiger partial charge >= 0.3 is 10.2 Å². The second-order valence-electron chi connectivity index (χ2n) is 5.88. The van der Waals surface area contributed by atoms with Gasteiger partial charge in [-0.1, -0.05) is 24.3 Å². The molecule has 0 spiro atoms. The summed E-state index contributed by atoms with van der Waals surface area (Å²) < 4.78 is 26.5. The van der Waals surface area contributed by atoms with Gasteiger partial charge < -0.3 is 10.4 Å². The summed E-state index contributed by atoms with van der Waals surface area (Å²) in [6, 6.07) is 11.8. The van der Waals surface area contributed by atoms with Gasteiger partial charge in [0, 0.05) is 12.6 Å². The highest BCUT2D eigenvalue weighted by Crippen LogP contribution is 2.32. The van der Waals surface area contributed by atoms with E-state index in [0.29, 0.717) is 12.1 Å². The molecule has 1 aliphatic heterocycles. The predicted octanol–water partition coefficient (Wildman–Crippen LogP) is 1.12. The van der Waals surface area contributed by atoms with Crippen molar-refractivity contribution in [3.63, 3.8) is 0 Å². The number of phenols is 1. The van der Waals surface area contributed by atoms with E-state index in [0.717, 1.165) is 15.4 Å². The van der Waals surface area contributed by atoms with E-state index in [1.54, 1.807) is 18.2 Å². The van der Waals surface area contributed by atoms with E-state index in [2.05, 4.69) is 5.32 Å². The average Bonchev–Trinajstić information content (AvgIpc) is 2.81. The molecule has 3 N–H and O–H groups in total. The molecule has 1 heterocycles. The predicted molar refractivity (Wildman–Crippen MR) is 96.1 cm³/mol. The van der Waals surface area contributed by atoms with Gasteiger partial charge in [0.15, 0.2) is 0 Å². The van der Waals surface area contributed by atoms with Crippen LogP contribution in [0.4, 0.5) is 11.4 Å². The third kappa shape index (κ3) is 3.62. The Hall–Kier alpha value is -3.07. The lowest BCUT2D eigenvalue weighted by Crippen LogP contribution is -2.29. The zero-order chi connectivity index (χ0) is 18.9. The van der Waals surface area contributed by atoms with Crippen LogP contribution in [0.15, 0.2) is 42.5 Å². The molecule has 0 unspecified atom stereocenters. The first-order chi connectivity index (χ1) is 12.3. The molecule has 0 bridgehead atoms. The molecular weight excluding hydrogens is 358 g/mol. The summed E-state index contributed by atoms with van der Waals surface area (Å²) in [5.41, 5.74) is 2.27. The second kappa shape index (κ2) is 6.68. The number of para-hydroxylation sites is 1. The van der Waals surface area contributed by atoms with E-state index in [-0.39, 0.29) is 23.9 Å². The molecular formula is C17H17N3O5S. The summed E-state index contributed by atoms with van der Waals surface area (Å²) in [5, 5.41) is 13.0. The van der Waals surface area contributed by atoms with Crippen LogP contribution in [0.3, 0.4) is 0 Å². The molecule has 1 fully saturated rings. The molecule has 9 heteroatoms. The van der Waals surface area contributed by atoms with Crippen LogP contribution in [0.25, 0.3) is 0 Å². The highest BCUT2D eigenvalue weighted by molar-refractivity contribution is 7.92. The fraction of sp³-hybridized carbons (Fsp3) is 0.176. The Labute approximate surface area is 150 Å². The number of hydrogen-bond donors (Lipinski definition) is 3. The molecule has 3 rings (SSSR count). The highest BCUT2D eigenvalue weighted by atomic mass is 32.2. The zero-order valence-corrected chi connectivity index (χ0v) is 14.7. The molecule has 0 aromatic heterocycles. The number of anilines is 2. The number of nitrogens with zero attached hydrogens (tertiary/aromatic N) is 1. The normalized spacial score (nSPS) is 15.6. The Balaban J connectivity index is 1.88. The van der Waals surface area contributed by atoms with Gasteiger partial charge in [-0.05, 0) is 35.7 Å². The topological polar surface area (TPSA) is 116 Å². The van der Waals surface area contributed by atoms with E-state index in [1.165, 1.54) is 19.1 Å². The van der Waals surface area contributed by atoms with Crippen LogP contribution in [0.1, 0.15) is 18.1 Å². The monoisotopic (exact) mass is 375 g/mol. The number of benzene rings is 2. The van der Waals surface area contributed by atoms with Gasteiger partial charge in [-0.25, -0.2) is 9.03 Å². The maximum Gasteiger partial charge on any atom is 0.326 e. The van der Waals surface area contributed by atoms with Gasteiger partial charge in [-0.2, -0.15) is 8.42 Å². The van der Waals surface area contributed by atoms with Crippen molar-refractivity contribution in [1.82, 2.24) is 4.72 Å². The fourth-order valence-electron chi connectivity index (χ4n) is 2.76. The smallest absolute Gasteiger partial charge is 0.326 e. The third-order valence-electron chi connectivity index (χ3n) is 3.85. The number of aromatic hydroxyl groups is 1. The molecule has 8 nitrogen and oxygen atoms in total. The minimum Gasteiger partial charge on any atom is -0.506 e. The first-order valence-electron chi connectivity index (χ1n) is 7.77. The van der Waals surface area contributed by atoms with Crippen LogP contribution in [0, 0.1) is 0 Å². The lowest BCUT2D eigenvalue weighted by Gasteiger charge is -2.17. The first kappa shape index (κ1) is 17.7. The molecule has 0 aliphatic carbocycles. The molecule has 136 valence electrons. The van der Waals surface area contributed by atoms with Gasteiger partial charge in [0.25, 0.3) is 5.91 Å². The van der Waals surface area contributed by atoms with Gasteiger partial charge in [0.2, 0.25) is 5.91 Å². The number of amides is 2. The maximum atomic E-state index is 11.9. The lowest BCUT2D eigenvalue weighted by atomic mass is 10.0. The Kier molecular flexibility index (Phi) is 4.56. The third-order valence-corrected chi connectivity index (χ3v) is 5.24. The minimum atomic E-state index is -3.98. The number of hydrogen-bond acceptors (Lipinski definition) is 5. The highest BCUT2D eigenvalue weighted by Gasteiger charge is 2.35. The number of rotatable bonds is 4. The van der Waals surface area contributed by atoms with Crippen LogP contribution >= 0.6 is 0 Å². The van der Waals surface area contributed by atoms with Crippen LogP contribution < -0.4 is 14.3 Å². The average molecular weight is 375 g/mol. The second-order valence-corrected chi connectivity index (χ2v) is 7.47. The van der Waals surface area contributed by atoms with Crippen molar-refractivity contribution in [2.24, 2.45) is 0 Å². The fourth-order valence-corrected chi connectivity index (χ4v) is 3.92. The van der Waals surface area contributed by atoms with E-state index in [9.17, 15) is 23.1 Å². The largest absolute Gasteiger partial charge is 0.506 e. The van der Waals surface area contributed by atoms with Crippen molar-refractivity contribution in [1.29, 1.82) is 0 Å². The SMILES string of the molecule is CC(=O)Nc1ccccc1Cc1ccc(N2CC(=O)NS2(=O)=O)c(O)c1. The molecule has 0 saturated carbocycles. The molecule has 1 aliphatic rings. The van der Waals surface area contributed by atoms with Crippen molar-refractivity contribution in [2.45, 2.75) is 13.3 Å². The quantitative estimate of drug-likeness (QED) is 0.741. The minimum absolute atomic E-state index is 0.0299. The van der Waals surface area contributed by atoms with Gasteiger partial charge in [0.05, 0.1) is 5.69 Å². The number of carbonyl (C=O) groups is 2. The van der Waals surface area contributed by atoms with Crippen molar-refractivity contribution < 1.29 is 23.1 Å². The Morgan fingerprint density at radius 1 is 1.27 bits per heavy atom. The van der Waals surface area contributed by atoms with E-state index in [1.807, 2.05) is 16.9 Å². The van der Waals surface area contributed by atoms with Crippen molar-refractivity contribution in [3.05, 3.63) is 53.6 Å². The summed E-state index contributed by atoms with van der Waals surface area (Å²) in [7, 11) is -3.98. The summed E-state index contributed by atoms with van der Waals surface area (Å²) in [6.07, 6.45) is 0.425. The molecule has 26 heavy (non-hydrogen) atoms. The molecule has 2 aromatic rings. The summed E-state index contributed by atoms with van der Waals surface area (Å²) in [5.74, 6) is -1.09. The Morgan fingerprint density at radius 2 is 2.00 bits per heavy atom. The lowest BCUT2D eigenvalue weighted by molar-refractivity contribution is -0.117. The van der Waals surface area contributed by atoms with Crippen molar-refractivity contribution in [2.75, 3.05) is 16.2 Å². The van der Waals surface area contributed by atoms with Crippen molar-refractivity contribution in [3.8, 4) is 5.75 Å². The summed E-state index contributed by atoms with van der Waals surface area (Å²) >= 11 is 0. The van der Waals surface area contributed by atoms with Crippen LogP contribution in [-0.2, 0) is 26.2 Å². The number of carbonyl (C=O) groups excluding carboxylic acids is 2. The van der Waals surface area contributed by atoms with Gasteiger partial charge in [0.1, 0.15) is 12.3 Å². The van der Waals surface area contributed by atoms with Gasteiger partial charge in [-0.15, -0.1) is 0 Å². The summed E-state index contributed by atoms with van der Waals surface area (Å²) in [4.78, 5) is 22.6. The zero-order valence-electron chi connectivity index (χ0n) is 13.9. The summed E-state index contributed by atoms with van der Waals surface area (Å²) in [6.45, 7) is 1.05. The van der Waals surface area contributed by atoms with Crippen LogP contribution in [0.5, 0.6) is 5.75 Å². The number of phenolic OH excluding ortho intramolecular Hbond substituents is 1. The van der Waals surface area contributed by atoms with Crippen LogP contribution in [0.2, 0.25) is 0 Å². The Bertz CT molecular complexity index is 988.